The third kappa shape index (κ3) is 6.62. The number of carbonyl (C=O) groups is 4. The topological polar surface area (TPSA) is 130 Å². The number of halogens is 1. The van der Waals surface area contributed by atoms with Crippen molar-refractivity contribution in [2.45, 2.75) is 64.2 Å². The molecule has 10 nitrogen and oxygen atoms in total. The summed E-state index contributed by atoms with van der Waals surface area (Å²) in [5, 5.41) is 8.43. The lowest BCUT2D eigenvalue weighted by atomic mass is 9.97. The van der Waals surface area contributed by atoms with Gasteiger partial charge in [0, 0.05) is 17.5 Å². The number of aromatic nitrogens is 1. The van der Waals surface area contributed by atoms with Crippen LogP contribution in [0, 0.1) is 5.92 Å². The molecule has 0 aliphatic carbocycles. The van der Waals surface area contributed by atoms with Crippen molar-refractivity contribution in [1.29, 1.82) is 0 Å². The number of ether oxygens (including phenoxy) is 1. The van der Waals surface area contributed by atoms with Crippen LogP contribution in [0.4, 0.5) is 10.1 Å². The van der Waals surface area contributed by atoms with Gasteiger partial charge < -0.3 is 20.7 Å². The Morgan fingerprint density at radius 1 is 1.28 bits per heavy atom. The molecule has 3 N–H and O–H groups in total. The predicted octanol–water partition coefficient (Wildman–Crippen LogP) is 1.67. The van der Waals surface area contributed by atoms with E-state index < -0.39 is 36.6 Å². The maximum atomic E-state index is 13.9. The summed E-state index contributed by atoms with van der Waals surface area (Å²) in [6.45, 7) is 2.76. The number of benzene rings is 1. The number of nitrogens with zero attached hydrogens (tertiary/aromatic N) is 2. The molecule has 0 fully saturated rings. The zero-order valence-electron chi connectivity index (χ0n) is 22.1. The number of anilines is 1. The first-order valence-corrected chi connectivity index (χ1v) is 14.0. The van der Waals surface area contributed by atoms with Gasteiger partial charge in [-0.1, -0.05) is 38.5 Å². The van der Waals surface area contributed by atoms with Gasteiger partial charge in [0.1, 0.15) is 31.4 Å². The van der Waals surface area contributed by atoms with E-state index in [0.717, 1.165) is 21.7 Å². The van der Waals surface area contributed by atoms with Crippen LogP contribution in [0.25, 0.3) is 0 Å². The van der Waals surface area contributed by atoms with Crippen LogP contribution in [0.15, 0.2) is 29.9 Å². The van der Waals surface area contributed by atoms with Gasteiger partial charge in [0.05, 0.1) is 24.3 Å². The molecule has 2 aliphatic rings. The molecular formula is C27H34FN5O5S. The van der Waals surface area contributed by atoms with Crippen molar-refractivity contribution in [3.63, 3.8) is 0 Å². The van der Waals surface area contributed by atoms with Gasteiger partial charge in [-0.3, -0.25) is 29.1 Å². The Kier molecular flexibility index (Phi) is 9.63. The number of amides is 4. The van der Waals surface area contributed by atoms with E-state index in [-0.39, 0.29) is 30.9 Å². The summed E-state index contributed by atoms with van der Waals surface area (Å²) in [4.78, 5) is 59.3. The highest BCUT2D eigenvalue weighted by Gasteiger charge is 2.44. The van der Waals surface area contributed by atoms with Crippen LogP contribution >= 0.6 is 11.3 Å². The summed E-state index contributed by atoms with van der Waals surface area (Å²) in [6.07, 6.45) is 3.57. The third-order valence-corrected chi connectivity index (χ3v) is 7.99. The number of para-hydroxylation sites is 1. The number of nitrogens with one attached hydrogen (secondary N) is 3. The molecule has 0 saturated heterocycles. The molecule has 1 aromatic carbocycles. The van der Waals surface area contributed by atoms with Crippen LogP contribution in [-0.2, 0) is 43.3 Å². The summed E-state index contributed by atoms with van der Waals surface area (Å²) in [5.41, 5.74) is 4.31. The van der Waals surface area contributed by atoms with E-state index in [9.17, 15) is 23.6 Å². The van der Waals surface area contributed by atoms with Crippen molar-refractivity contribution in [2.24, 2.45) is 5.92 Å². The molecule has 0 spiro atoms. The molecule has 0 saturated carbocycles. The van der Waals surface area contributed by atoms with Gasteiger partial charge in [0.25, 0.3) is 0 Å². The summed E-state index contributed by atoms with van der Waals surface area (Å²) >= 11 is 1.43. The van der Waals surface area contributed by atoms with E-state index in [4.69, 9.17) is 4.74 Å². The normalized spacial score (nSPS) is 19.6. The number of carbonyl (C=O) groups excluding carboxylic acids is 4. The molecule has 39 heavy (non-hydrogen) atoms. The van der Waals surface area contributed by atoms with Crippen LogP contribution in [0.2, 0.25) is 0 Å². The van der Waals surface area contributed by atoms with Gasteiger partial charge in [0.15, 0.2) is 0 Å². The first-order valence-electron chi connectivity index (χ1n) is 13.2. The van der Waals surface area contributed by atoms with Crippen molar-refractivity contribution >= 4 is 40.7 Å². The van der Waals surface area contributed by atoms with Crippen molar-refractivity contribution in [2.75, 3.05) is 24.8 Å². The van der Waals surface area contributed by atoms with Gasteiger partial charge in [-0.05, 0) is 29.9 Å². The Hall–Kier alpha value is -3.38. The quantitative estimate of drug-likeness (QED) is 0.339. The van der Waals surface area contributed by atoms with Crippen LogP contribution < -0.4 is 20.9 Å². The Labute approximate surface area is 230 Å². The Balaban J connectivity index is 1.50. The smallest absolute Gasteiger partial charge is 0.250 e. The number of hydrogen-bond donors (Lipinski definition) is 3. The molecule has 0 radical (unpaired) electrons. The van der Waals surface area contributed by atoms with Gasteiger partial charge in [-0.15, -0.1) is 11.3 Å². The number of thiazole rings is 1. The first kappa shape index (κ1) is 28.6. The fourth-order valence-corrected chi connectivity index (χ4v) is 5.53. The molecule has 4 atom stereocenters. The summed E-state index contributed by atoms with van der Waals surface area (Å²) in [7, 11) is 0. The number of aryl methyl sites for hydroxylation is 1. The molecular weight excluding hydrogens is 525 g/mol. The second kappa shape index (κ2) is 13.1. The fraction of sp³-hybridized carbons (Fsp3) is 0.519. The Morgan fingerprint density at radius 2 is 2.08 bits per heavy atom. The molecule has 3 heterocycles. The van der Waals surface area contributed by atoms with Crippen LogP contribution in [0.1, 0.15) is 42.7 Å². The van der Waals surface area contributed by atoms with Gasteiger partial charge in [0.2, 0.25) is 23.6 Å². The maximum absolute atomic E-state index is 13.9. The molecule has 0 unspecified atom stereocenters. The van der Waals surface area contributed by atoms with E-state index in [0.29, 0.717) is 32.2 Å². The lowest BCUT2D eigenvalue weighted by molar-refractivity contribution is -0.134. The van der Waals surface area contributed by atoms with E-state index in [1.807, 2.05) is 32.0 Å². The summed E-state index contributed by atoms with van der Waals surface area (Å²) in [5.74, 6) is -1.88. The van der Waals surface area contributed by atoms with E-state index in [1.54, 1.807) is 11.7 Å². The molecule has 2 aromatic rings. The van der Waals surface area contributed by atoms with Crippen molar-refractivity contribution in [1.82, 2.24) is 20.9 Å². The van der Waals surface area contributed by atoms with Crippen molar-refractivity contribution < 1.29 is 28.3 Å². The van der Waals surface area contributed by atoms with E-state index in [2.05, 4.69) is 20.9 Å². The largest absolute Gasteiger partial charge is 0.369 e. The summed E-state index contributed by atoms with van der Waals surface area (Å²) in [6, 6.07) is 3.28. The molecule has 1 aromatic heterocycles. The highest BCUT2D eigenvalue weighted by molar-refractivity contribution is 7.09. The minimum absolute atomic E-state index is 0.207. The SMILES string of the molecule is CC[C@H](C)[C@H](NC(=O)COCCF)C(=O)N[C@H]1CCc2cccc3c2N(C1=O)[C@H](C(=O)NCc1cncs1)C3. The number of alkyl halides is 1. The van der Waals surface area contributed by atoms with E-state index in [1.165, 1.54) is 16.2 Å². The van der Waals surface area contributed by atoms with Gasteiger partial charge in [-0.2, -0.15) is 0 Å². The lowest BCUT2D eigenvalue weighted by Gasteiger charge is -2.29. The predicted molar refractivity (Wildman–Crippen MR) is 144 cm³/mol. The zero-order chi connectivity index (χ0) is 27.9. The number of rotatable bonds is 12. The second-order valence-electron chi connectivity index (χ2n) is 9.81. The molecule has 4 amide bonds. The molecule has 0 bridgehead atoms. The first-order chi connectivity index (χ1) is 18.8. The van der Waals surface area contributed by atoms with Crippen molar-refractivity contribution in [3.05, 3.63) is 45.9 Å². The second-order valence-corrected chi connectivity index (χ2v) is 10.8. The van der Waals surface area contributed by atoms with Gasteiger partial charge in [-0.25, -0.2) is 4.39 Å². The molecule has 2 aliphatic heterocycles. The Bertz CT molecular complexity index is 1190. The van der Waals surface area contributed by atoms with Crippen LogP contribution in [0.5, 0.6) is 0 Å². The average Bonchev–Trinajstić information content (AvgIpc) is 3.57. The third-order valence-electron chi connectivity index (χ3n) is 7.21. The highest BCUT2D eigenvalue weighted by atomic mass is 32.1. The van der Waals surface area contributed by atoms with Crippen LogP contribution in [0.3, 0.4) is 0 Å². The fourth-order valence-electron chi connectivity index (χ4n) is 4.99. The molecule has 12 heteroatoms. The van der Waals surface area contributed by atoms with Gasteiger partial charge >= 0.3 is 0 Å². The zero-order valence-corrected chi connectivity index (χ0v) is 22.9. The molecule has 210 valence electrons. The lowest BCUT2D eigenvalue weighted by Crippen LogP contribution is -2.58. The monoisotopic (exact) mass is 559 g/mol. The number of hydrogen-bond acceptors (Lipinski definition) is 7. The average molecular weight is 560 g/mol. The highest BCUT2D eigenvalue weighted by Crippen LogP contribution is 2.39. The van der Waals surface area contributed by atoms with E-state index >= 15 is 0 Å². The minimum Gasteiger partial charge on any atom is -0.369 e. The molecule has 4 rings (SSSR count). The van der Waals surface area contributed by atoms with Crippen LogP contribution in [-0.4, -0.2) is 66.6 Å². The van der Waals surface area contributed by atoms with Crippen molar-refractivity contribution in [3.8, 4) is 0 Å². The summed E-state index contributed by atoms with van der Waals surface area (Å²) < 4.78 is 17.3. The maximum Gasteiger partial charge on any atom is 0.250 e. The minimum atomic E-state index is -0.900. The Morgan fingerprint density at radius 3 is 2.79 bits per heavy atom. The standard InChI is InChI=1S/C27H34FN5O5S/c1-3-16(2)23(32-22(34)14-38-10-9-28)26(36)31-20-8-7-17-5-4-6-18-11-21(33(24(17)18)27(20)37)25(35)30-13-19-12-29-15-39-19/h4-6,12,15-16,20-21,23H,3,7-11,13-14H2,1-2H3,(H,30,35)(H,31,36)(H,32,34)/t16-,20-,21-,23-/m0/s1.